The average molecular weight is 327 g/mol. The van der Waals surface area contributed by atoms with Crippen LogP contribution in [-0.4, -0.2) is 33.4 Å². The standard InChI is InChI=1S/C18H21N3OS/c22-18(21-10-4-7-13-5-1-2-8-16(13)21)15-12-23-17(20-15)14-6-3-9-19-11-14/h3,6,9,11-13,16H,1-2,4-5,7-8,10H2/t13-,16+/m0/s1. The summed E-state index contributed by atoms with van der Waals surface area (Å²) in [6.45, 7) is 0.889. The molecular formula is C18H21N3OS. The molecule has 23 heavy (non-hydrogen) atoms. The van der Waals surface area contributed by atoms with Crippen LogP contribution in [0.2, 0.25) is 0 Å². The Kier molecular flexibility index (Phi) is 4.12. The first-order valence-electron chi connectivity index (χ1n) is 8.50. The van der Waals surface area contributed by atoms with Crippen LogP contribution in [0, 0.1) is 5.92 Å². The van der Waals surface area contributed by atoms with Gasteiger partial charge in [-0.25, -0.2) is 4.98 Å². The second kappa shape index (κ2) is 6.40. The number of amides is 1. The van der Waals surface area contributed by atoms with Crippen molar-refractivity contribution >= 4 is 17.2 Å². The second-order valence-corrected chi connectivity index (χ2v) is 7.39. The lowest BCUT2D eigenvalue weighted by molar-refractivity contribution is 0.0386. The molecule has 0 unspecified atom stereocenters. The molecular weight excluding hydrogens is 306 g/mol. The fraction of sp³-hybridized carbons (Fsp3) is 0.500. The monoisotopic (exact) mass is 327 g/mol. The summed E-state index contributed by atoms with van der Waals surface area (Å²) < 4.78 is 0. The third-order valence-electron chi connectivity index (χ3n) is 5.14. The highest BCUT2D eigenvalue weighted by Crippen LogP contribution is 2.36. The quantitative estimate of drug-likeness (QED) is 0.837. The molecule has 2 aliphatic rings. The van der Waals surface area contributed by atoms with Crippen LogP contribution in [0.5, 0.6) is 0 Å². The van der Waals surface area contributed by atoms with Gasteiger partial charge in [-0.05, 0) is 43.7 Å². The predicted octanol–water partition coefficient (Wildman–Crippen LogP) is 4.00. The predicted molar refractivity (Wildman–Crippen MR) is 91.4 cm³/mol. The zero-order valence-corrected chi connectivity index (χ0v) is 14.0. The number of fused-ring (bicyclic) bond motifs is 1. The van der Waals surface area contributed by atoms with Crippen molar-refractivity contribution in [3.8, 4) is 10.6 Å². The summed E-state index contributed by atoms with van der Waals surface area (Å²) in [6, 6.07) is 4.32. The molecule has 1 aliphatic carbocycles. The van der Waals surface area contributed by atoms with Crippen LogP contribution in [0.3, 0.4) is 0 Å². The van der Waals surface area contributed by atoms with Gasteiger partial charge in [0.1, 0.15) is 10.7 Å². The van der Waals surface area contributed by atoms with Crippen molar-refractivity contribution in [1.29, 1.82) is 0 Å². The van der Waals surface area contributed by atoms with Crippen LogP contribution in [-0.2, 0) is 0 Å². The van der Waals surface area contributed by atoms with Gasteiger partial charge in [-0.3, -0.25) is 9.78 Å². The zero-order chi connectivity index (χ0) is 15.6. The Hall–Kier alpha value is -1.75. The second-order valence-electron chi connectivity index (χ2n) is 6.53. The Labute approximate surface area is 140 Å². The van der Waals surface area contributed by atoms with Crippen molar-refractivity contribution in [3.05, 3.63) is 35.6 Å². The Morgan fingerprint density at radius 3 is 2.96 bits per heavy atom. The van der Waals surface area contributed by atoms with Crippen molar-refractivity contribution in [2.45, 2.75) is 44.6 Å². The third-order valence-corrected chi connectivity index (χ3v) is 6.03. The van der Waals surface area contributed by atoms with E-state index < -0.39 is 0 Å². The molecule has 1 aliphatic heterocycles. The van der Waals surface area contributed by atoms with E-state index in [0.29, 0.717) is 17.7 Å². The maximum absolute atomic E-state index is 13.0. The lowest BCUT2D eigenvalue weighted by atomic mass is 9.78. The van der Waals surface area contributed by atoms with Crippen LogP contribution in [0.25, 0.3) is 10.6 Å². The highest BCUT2D eigenvalue weighted by molar-refractivity contribution is 7.13. The summed E-state index contributed by atoms with van der Waals surface area (Å²) in [7, 11) is 0. The Morgan fingerprint density at radius 1 is 1.22 bits per heavy atom. The third kappa shape index (κ3) is 2.90. The summed E-state index contributed by atoms with van der Waals surface area (Å²) >= 11 is 1.53. The van der Waals surface area contributed by atoms with E-state index in [1.165, 1.54) is 37.0 Å². The topological polar surface area (TPSA) is 46.1 Å². The minimum absolute atomic E-state index is 0.119. The number of nitrogens with zero attached hydrogens (tertiary/aromatic N) is 3. The smallest absolute Gasteiger partial charge is 0.273 e. The van der Waals surface area contributed by atoms with Crippen molar-refractivity contribution in [3.63, 3.8) is 0 Å². The molecule has 1 saturated heterocycles. The number of aromatic nitrogens is 2. The van der Waals surface area contributed by atoms with E-state index in [1.807, 2.05) is 17.5 Å². The number of rotatable bonds is 2. The molecule has 4 rings (SSSR count). The normalized spacial score (nSPS) is 24.3. The average Bonchev–Trinajstić information content (AvgIpc) is 3.11. The van der Waals surface area contributed by atoms with Gasteiger partial charge in [-0.15, -0.1) is 11.3 Å². The van der Waals surface area contributed by atoms with Gasteiger partial charge in [0.2, 0.25) is 0 Å². The first-order valence-corrected chi connectivity index (χ1v) is 9.38. The van der Waals surface area contributed by atoms with E-state index in [2.05, 4.69) is 14.9 Å². The van der Waals surface area contributed by atoms with Gasteiger partial charge in [0.15, 0.2) is 0 Å². The van der Waals surface area contributed by atoms with Crippen LogP contribution in [0.15, 0.2) is 29.9 Å². The highest BCUT2D eigenvalue weighted by atomic mass is 32.1. The Balaban J connectivity index is 1.56. The number of hydrogen-bond donors (Lipinski definition) is 0. The summed E-state index contributed by atoms with van der Waals surface area (Å²) in [5.74, 6) is 0.825. The van der Waals surface area contributed by atoms with Crippen LogP contribution in [0.1, 0.15) is 49.0 Å². The number of hydrogen-bond acceptors (Lipinski definition) is 4. The summed E-state index contributed by atoms with van der Waals surface area (Å²) in [4.78, 5) is 23.8. The number of carbonyl (C=O) groups is 1. The van der Waals surface area contributed by atoms with Crippen molar-refractivity contribution < 1.29 is 4.79 Å². The van der Waals surface area contributed by atoms with Crippen molar-refractivity contribution in [1.82, 2.24) is 14.9 Å². The summed E-state index contributed by atoms with van der Waals surface area (Å²) in [5, 5.41) is 2.77. The molecule has 0 N–H and O–H groups in total. The lowest BCUT2D eigenvalue weighted by Gasteiger charge is -2.43. The number of thiazole rings is 1. The molecule has 0 radical (unpaired) electrons. The summed E-state index contributed by atoms with van der Waals surface area (Å²) in [6.07, 6.45) is 11.0. The molecule has 0 aromatic carbocycles. The lowest BCUT2D eigenvalue weighted by Crippen LogP contribution is -2.49. The van der Waals surface area contributed by atoms with Gasteiger partial charge in [0, 0.05) is 35.9 Å². The fourth-order valence-corrected chi connectivity index (χ4v) is 4.80. The van der Waals surface area contributed by atoms with Gasteiger partial charge in [-0.1, -0.05) is 12.8 Å². The first kappa shape index (κ1) is 14.8. The SMILES string of the molecule is O=C(c1csc(-c2cccnc2)n1)N1CCC[C@@H]2CCCC[C@H]21. The van der Waals surface area contributed by atoms with Crippen LogP contribution < -0.4 is 0 Å². The summed E-state index contributed by atoms with van der Waals surface area (Å²) in [5.41, 5.74) is 1.57. The Morgan fingerprint density at radius 2 is 2.09 bits per heavy atom. The largest absolute Gasteiger partial charge is 0.334 e. The molecule has 5 heteroatoms. The van der Waals surface area contributed by atoms with E-state index in [1.54, 1.807) is 12.4 Å². The minimum atomic E-state index is 0.119. The number of likely N-dealkylation sites (tertiary alicyclic amines) is 1. The van der Waals surface area contributed by atoms with Crippen molar-refractivity contribution in [2.24, 2.45) is 5.92 Å². The van der Waals surface area contributed by atoms with Gasteiger partial charge in [0.25, 0.3) is 5.91 Å². The number of carbonyl (C=O) groups excluding carboxylic acids is 1. The molecule has 2 aromatic rings. The van der Waals surface area contributed by atoms with Gasteiger partial charge in [0.05, 0.1) is 0 Å². The molecule has 2 fully saturated rings. The van der Waals surface area contributed by atoms with E-state index in [4.69, 9.17) is 0 Å². The zero-order valence-electron chi connectivity index (χ0n) is 13.1. The van der Waals surface area contributed by atoms with E-state index in [9.17, 15) is 4.79 Å². The molecule has 4 nitrogen and oxygen atoms in total. The fourth-order valence-electron chi connectivity index (χ4n) is 4.02. The number of piperidine rings is 1. The van der Waals surface area contributed by atoms with E-state index >= 15 is 0 Å². The van der Waals surface area contributed by atoms with Crippen LogP contribution in [0.4, 0.5) is 0 Å². The van der Waals surface area contributed by atoms with E-state index in [0.717, 1.165) is 30.0 Å². The first-order chi connectivity index (χ1) is 11.3. The molecule has 0 bridgehead atoms. The number of pyridine rings is 1. The molecule has 120 valence electrons. The maximum atomic E-state index is 13.0. The molecule has 1 saturated carbocycles. The molecule has 0 spiro atoms. The van der Waals surface area contributed by atoms with E-state index in [-0.39, 0.29) is 5.91 Å². The van der Waals surface area contributed by atoms with Crippen LogP contribution >= 0.6 is 11.3 Å². The van der Waals surface area contributed by atoms with Gasteiger partial charge >= 0.3 is 0 Å². The minimum Gasteiger partial charge on any atom is -0.334 e. The molecule has 1 amide bonds. The molecule has 3 heterocycles. The molecule has 2 aromatic heterocycles. The maximum Gasteiger partial charge on any atom is 0.273 e. The molecule has 2 atom stereocenters. The van der Waals surface area contributed by atoms with Crippen molar-refractivity contribution in [2.75, 3.05) is 6.54 Å². The van der Waals surface area contributed by atoms with Gasteiger partial charge < -0.3 is 4.90 Å². The highest BCUT2D eigenvalue weighted by Gasteiger charge is 2.36. The Bertz CT molecular complexity index is 683. The van der Waals surface area contributed by atoms with Gasteiger partial charge in [-0.2, -0.15) is 0 Å².